The van der Waals surface area contributed by atoms with E-state index in [4.69, 9.17) is 5.21 Å². The van der Waals surface area contributed by atoms with E-state index in [0.29, 0.717) is 17.8 Å². The topological polar surface area (TPSA) is 131 Å². The molecule has 0 aliphatic rings. The molecule has 0 heterocycles. The first-order valence-electron chi connectivity index (χ1n) is 12.4. The lowest BCUT2D eigenvalue weighted by atomic mass is 10.1. The van der Waals surface area contributed by atoms with Crippen LogP contribution in [0.3, 0.4) is 0 Å². The van der Waals surface area contributed by atoms with Gasteiger partial charge in [-0.05, 0) is 69.4 Å². The van der Waals surface area contributed by atoms with Crippen LogP contribution >= 0.6 is 0 Å². The molecule has 0 aromatic heterocycles. The smallest absolute Gasteiger partial charge is 0.268 e. The summed E-state index contributed by atoms with van der Waals surface area (Å²) in [5.41, 5.74) is 3.67. The lowest BCUT2D eigenvalue weighted by Gasteiger charge is -2.19. The molecule has 2 aromatic carbocycles. The summed E-state index contributed by atoms with van der Waals surface area (Å²) in [4.78, 5) is 38.5. The van der Waals surface area contributed by atoms with Crippen LogP contribution in [0.1, 0.15) is 61.0 Å². The Morgan fingerprint density at radius 1 is 1.00 bits per heavy atom. The van der Waals surface area contributed by atoms with Crippen molar-refractivity contribution in [2.24, 2.45) is 0 Å². The van der Waals surface area contributed by atoms with Gasteiger partial charge in [0, 0.05) is 22.4 Å². The molecule has 3 amide bonds. The zero-order chi connectivity index (χ0) is 27.2. The number of aliphatic hydroxyl groups excluding tert-OH is 1. The van der Waals surface area contributed by atoms with Crippen molar-refractivity contribution < 1.29 is 24.7 Å². The molecule has 37 heavy (non-hydrogen) atoms. The summed E-state index contributed by atoms with van der Waals surface area (Å²) in [7, 11) is 1.94. The van der Waals surface area contributed by atoms with Crippen molar-refractivity contribution in [1.29, 1.82) is 0 Å². The first-order chi connectivity index (χ1) is 17.7. The Morgan fingerprint density at radius 3 is 2.35 bits per heavy atom. The molecule has 5 N–H and O–H groups in total. The van der Waals surface area contributed by atoms with E-state index in [0.717, 1.165) is 18.5 Å². The summed E-state index contributed by atoms with van der Waals surface area (Å²) < 4.78 is 0. The molecule has 0 bridgehead atoms. The van der Waals surface area contributed by atoms with Crippen molar-refractivity contribution in [1.82, 2.24) is 15.7 Å². The Kier molecular flexibility index (Phi) is 12.3. The molecule has 2 rings (SSSR count). The number of carbonyl (C=O) groups excluding carboxylic acids is 3. The average molecular weight is 509 g/mol. The largest absolute Gasteiger partial charge is 0.391 e. The fourth-order valence-electron chi connectivity index (χ4n) is 3.55. The fourth-order valence-corrected chi connectivity index (χ4v) is 3.55. The van der Waals surface area contributed by atoms with Gasteiger partial charge in [-0.3, -0.25) is 24.5 Å². The number of hydrogen-bond donors (Lipinski definition) is 5. The van der Waals surface area contributed by atoms with Crippen LogP contribution in [0.15, 0.2) is 48.5 Å². The molecule has 0 aliphatic heterocycles. The number of benzene rings is 2. The Labute approximate surface area is 218 Å². The third kappa shape index (κ3) is 10.4. The van der Waals surface area contributed by atoms with Gasteiger partial charge in [0.05, 0.1) is 12.6 Å². The number of aliphatic hydroxyl groups is 1. The number of nitrogens with zero attached hydrogens (tertiary/aromatic N) is 1. The number of rotatable bonds is 12. The quantitative estimate of drug-likeness (QED) is 0.130. The lowest BCUT2D eigenvalue weighted by molar-refractivity contribution is -0.133. The minimum absolute atomic E-state index is 0.0683. The molecule has 0 saturated carbocycles. The van der Waals surface area contributed by atoms with Crippen molar-refractivity contribution in [3.63, 3.8) is 0 Å². The van der Waals surface area contributed by atoms with Crippen LogP contribution < -0.4 is 16.1 Å². The number of unbranched alkanes of at least 4 members (excludes halogenated alkanes) is 3. The van der Waals surface area contributed by atoms with Gasteiger partial charge in [0.25, 0.3) is 11.8 Å². The number of amides is 3. The van der Waals surface area contributed by atoms with Crippen LogP contribution in [0.25, 0.3) is 0 Å². The number of anilines is 1. The van der Waals surface area contributed by atoms with Crippen LogP contribution in [0.5, 0.6) is 0 Å². The monoisotopic (exact) mass is 508 g/mol. The SMILES string of the molecule is CCCCCCN(C)CC(=O)Nc1ccc(C#Cc2cccc(C(=O)NC(C(=O)NO)C(C)O)c2)cc1. The van der Waals surface area contributed by atoms with Gasteiger partial charge >= 0.3 is 0 Å². The zero-order valence-corrected chi connectivity index (χ0v) is 21.6. The number of likely N-dealkylation sites (N-methyl/N-ethyl adjacent to an activating group) is 1. The van der Waals surface area contributed by atoms with E-state index in [9.17, 15) is 19.5 Å². The Balaban J connectivity index is 1.95. The second-order valence-corrected chi connectivity index (χ2v) is 8.92. The number of carbonyl (C=O) groups is 3. The molecule has 2 unspecified atom stereocenters. The summed E-state index contributed by atoms with van der Waals surface area (Å²) >= 11 is 0. The zero-order valence-electron chi connectivity index (χ0n) is 21.6. The second kappa shape index (κ2) is 15.4. The lowest BCUT2D eigenvalue weighted by Crippen LogP contribution is -2.51. The van der Waals surface area contributed by atoms with E-state index in [2.05, 4.69) is 29.4 Å². The summed E-state index contributed by atoms with van der Waals surface area (Å²) in [6.07, 6.45) is 3.46. The van der Waals surface area contributed by atoms with Crippen molar-refractivity contribution >= 4 is 23.4 Å². The van der Waals surface area contributed by atoms with E-state index in [1.165, 1.54) is 31.7 Å². The van der Waals surface area contributed by atoms with Crippen LogP contribution in [0.2, 0.25) is 0 Å². The molecule has 9 nitrogen and oxygen atoms in total. The van der Waals surface area contributed by atoms with Gasteiger partial charge in [-0.15, -0.1) is 0 Å². The maximum absolute atomic E-state index is 12.5. The van der Waals surface area contributed by atoms with E-state index in [1.807, 2.05) is 11.9 Å². The fraction of sp³-hybridized carbons (Fsp3) is 0.393. The molecule has 0 radical (unpaired) electrons. The van der Waals surface area contributed by atoms with Gasteiger partial charge in [0.1, 0.15) is 6.04 Å². The van der Waals surface area contributed by atoms with Gasteiger partial charge in [-0.2, -0.15) is 0 Å². The van der Waals surface area contributed by atoms with Gasteiger partial charge in [0.2, 0.25) is 5.91 Å². The van der Waals surface area contributed by atoms with Crippen LogP contribution in [-0.4, -0.2) is 65.2 Å². The van der Waals surface area contributed by atoms with Crippen molar-refractivity contribution in [2.75, 3.05) is 25.5 Å². The maximum atomic E-state index is 12.5. The highest BCUT2D eigenvalue weighted by Gasteiger charge is 2.25. The van der Waals surface area contributed by atoms with Crippen molar-refractivity contribution in [2.45, 2.75) is 51.7 Å². The Bertz CT molecular complexity index is 1110. The van der Waals surface area contributed by atoms with Gasteiger partial charge < -0.3 is 15.7 Å². The Morgan fingerprint density at radius 2 is 1.70 bits per heavy atom. The van der Waals surface area contributed by atoms with E-state index in [-0.39, 0.29) is 11.5 Å². The first kappa shape index (κ1) is 29.5. The van der Waals surface area contributed by atoms with Crippen LogP contribution in [-0.2, 0) is 9.59 Å². The third-order valence-corrected chi connectivity index (χ3v) is 5.61. The summed E-state index contributed by atoms with van der Waals surface area (Å²) in [5.74, 6) is 4.42. The molecule has 0 fully saturated rings. The minimum Gasteiger partial charge on any atom is -0.391 e. The number of hydrogen-bond acceptors (Lipinski definition) is 6. The van der Waals surface area contributed by atoms with Gasteiger partial charge in [-0.25, -0.2) is 5.48 Å². The normalized spacial score (nSPS) is 12.2. The minimum atomic E-state index is -1.31. The van der Waals surface area contributed by atoms with Crippen molar-refractivity contribution in [3.05, 3.63) is 65.2 Å². The molecule has 198 valence electrons. The maximum Gasteiger partial charge on any atom is 0.268 e. The van der Waals surface area contributed by atoms with Crippen LogP contribution in [0, 0.1) is 11.8 Å². The molecular formula is C28H36N4O5. The highest BCUT2D eigenvalue weighted by Crippen LogP contribution is 2.10. The highest BCUT2D eigenvalue weighted by atomic mass is 16.5. The first-order valence-corrected chi connectivity index (χ1v) is 12.4. The molecule has 0 aliphatic carbocycles. The highest BCUT2D eigenvalue weighted by molar-refractivity contribution is 5.97. The summed E-state index contributed by atoms with van der Waals surface area (Å²) in [6, 6.07) is 12.4. The van der Waals surface area contributed by atoms with Gasteiger partial charge in [0.15, 0.2) is 0 Å². The van der Waals surface area contributed by atoms with Gasteiger partial charge in [-0.1, -0.05) is 44.1 Å². The predicted octanol–water partition coefficient (Wildman–Crippen LogP) is 2.52. The van der Waals surface area contributed by atoms with E-state index < -0.39 is 24.0 Å². The summed E-state index contributed by atoms with van der Waals surface area (Å²) in [6.45, 7) is 4.73. The van der Waals surface area contributed by atoms with E-state index >= 15 is 0 Å². The molecule has 2 atom stereocenters. The molecule has 2 aromatic rings. The van der Waals surface area contributed by atoms with Crippen LogP contribution in [0.4, 0.5) is 5.69 Å². The average Bonchev–Trinajstić information content (AvgIpc) is 2.88. The predicted molar refractivity (Wildman–Crippen MR) is 142 cm³/mol. The second-order valence-electron chi connectivity index (χ2n) is 8.92. The molecule has 0 spiro atoms. The molecule has 9 heteroatoms. The van der Waals surface area contributed by atoms with Crippen molar-refractivity contribution in [3.8, 4) is 11.8 Å². The summed E-state index contributed by atoms with van der Waals surface area (Å²) in [5, 5.41) is 23.8. The third-order valence-electron chi connectivity index (χ3n) is 5.61. The molecule has 0 saturated heterocycles. The standard InChI is InChI=1S/C28H36N4O5/c1-4-5-6-7-17-32(3)19-25(34)29-24-15-13-21(14-16-24)11-12-22-9-8-10-23(18-22)27(35)30-26(20(2)33)28(36)31-37/h8-10,13-16,18,20,26,33,37H,4-7,17,19H2,1-3H3,(H,29,34)(H,30,35)(H,31,36). The molecular weight excluding hydrogens is 472 g/mol. The Hall–Kier alpha value is -3.71. The number of nitrogens with one attached hydrogen (secondary N) is 3. The number of hydroxylamine groups is 1. The van der Waals surface area contributed by atoms with E-state index in [1.54, 1.807) is 48.5 Å².